The largest absolute Gasteiger partial charge is 0.368 e. The fourth-order valence-electron chi connectivity index (χ4n) is 2.39. The van der Waals surface area contributed by atoms with Crippen molar-refractivity contribution in [2.24, 2.45) is 17.6 Å². The maximum Gasteiger partial charge on any atom is 0.240 e. The van der Waals surface area contributed by atoms with Gasteiger partial charge in [0, 0.05) is 12.5 Å². The predicted octanol–water partition coefficient (Wildman–Crippen LogP) is 0.391. The summed E-state index contributed by atoms with van der Waals surface area (Å²) in [6.07, 6.45) is 2.72. The Labute approximate surface area is 109 Å². The molecule has 0 aromatic rings. The minimum atomic E-state index is -0.573. The quantitative estimate of drug-likeness (QED) is 0.664. The second-order valence-electron chi connectivity index (χ2n) is 5.58. The van der Waals surface area contributed by atoms with Crippen LogP contribution in [0.5, 0.6) is 0 Å². The molecule has 4 N–H and O–H groups in total. The van der Waals surface area contributed by atoms with Gasteiger partial charge in [-0.3, -0.25) is 9.59 Å². The molecule has 3 atom stereocenters. The van der Waals surface area contributed by atoms with Gasteiger partial charge in [-0.2, -0.15) is 0 Å². The van der Waals surface area contributed by atoms with Crippen molar-refractivity contribution in [3.63, 3.8) is 0 Å². The molecule has 1 aliphatic heterocycles. The molecule has 0 aromatic carbocycles. The summed E-state index contributed by atoms with van der Waals surface area (Å²) in [4.78, 5) is 23.1. The van der Waals surface area contributed by atoms with E-state index in [-0.39, 0.29) is 17.9 Å². The van der Waals surface area contributed by atoms with Crippen molar-refractivity contribution >= 4 is 11.8 Å². The van der Waals surface area contributed by atoms with Crippen molar-refractivity contribution in [3.8, 4) is 0 Å². The Morgan fingerprint density at radius 3 is 2.61 bits per heavy atom. The third-order valence-corrected chi connectivity index (χ3v) is 3.62. The zero-order valence-corrected chi connectivity index (χ0v) is 11.5. The van der Waals surface area contributed by atoms with E-state index in [1.54, 1.807) is 0 Å². The molecule has 0 aliphatic carbocycles. The van der Waals surface area contributed by atoms with Crippen LogP contribution in [0.25, 0.3) is 0 Å². The molecule has 5 nitrogen and oxygen atoms in total. The molecule has 1 aliphatic rings. The molecule has 5 heteroatoms. The first-order chi connectivity index (χ1) is 8.41. The lowest BCUT2D eigenvalue weighted by atomic mass is 9.90. The number of nitrogens with two attached hydrogens (primary N) is 1. The number of nitrogens with one attached hydrogen (secondary N) is 2. The Morgan fingerprint density at radius 1 is 1.44 bits per heavy atom. The van der Waals surface area contributed by atoms with E-state index in [1.165, 1.54) is 0 Å². The number of primary amides is 1. The van der Waals surface area contributed by atoms with E-state index < -0.39 is 11.9 Å². The maximum absolute atomic E-state index is 11.9. The molecular formula is C13H25N3O2. The van der Waals surface area contributed by atoms with E-state index in [0.29, 0.717) is 12.3 Å². The lowest BCUT2D eigenvalue weighted by Gasteiger charge is -2.30. The van der Waals surface area contributed by atoms with Gasteiger partial charge in [-0.15, -0.1) is 0 Å². The summed E-state index contributed by atoms with van der Waals surface area (Å²) >= 11 is 0. The maximum atomic E-state index is 11.9. The highest BCUT2D eigenvalue weighted by atomic mass is 16.2. The standard InChI is InChI=1S/C13H25N3O2/c1-8(2)12(13(14)18)16-11(17)7-10-9(3)5-4-6-15-10/h8-10,12,15H,4-7H2,1-3H3,(H2,14,18)(H,16,17). The van der Waals surface area contributed by atoms with Gasteiger partial charge in [0.05, 0.1) is 0 Å². The van der Waals surface area contributed by atoms with Crippen LogP contribution in [0.2, 0.25) is 0 Å². The van der Waals surface area contributed by atoms with Crippen molar-refractivity contribution in [2.45, 2.75) is 52.1 Å². The summed E-state index contributed by atoms with van der Waals surface area (Å²) in [5, 5.41) is 6.08. The van der Waals surface area contributed by atoms with E-state index in [4.69, 9.17) is 5.73 Å². The lowest BCUT2D eigenvalue weighted by Crippen LogP contribution is -2.50. The van der Waals surface area contributed by atoms with Crippen LogP contribution in [0.3, 0.4) is 0 Å². The smallest absolute Gasteiger partial charge is 0.240 e. The zero-order valence-electron chi connectivity index (χ0n) is 11.5. The zero-order chi connectivity index (χ0) is 13.7. The predicted molar refractivity (Wildman–Crippen MR) is 70.8 cm³/mol. The fraction of sp³-hybridized carbons (Fsp3) is 0.846. The molecule has 0 spiro atoms. The Kier molecular flexibility index (Phi) is 5.59. The Bertz CT molecular complexity index is 305. The minimum absolute atomic E-state index is 0.0168. The Morgan fingerprint density at radius 2 is 2.11 bits per heavy atom. The number of rotatable bonds is 5. The molecule has 0 aromatic heterocycles. The van der Waals surface area contributed by atoms with E-state index in [0.717, 1.165) is 19.4 Å². The average molecular weight is 255 g/mol. The normalized spacial score (nSPS) is 25.8. The molecule has 18 heavy (non-hydrogen) atoms. The summed E-state index contributed by atoms with van der Waals surface area (Å²) in [5.74, 6) is -0.0551. The number of piperidine rings is 1. The highest BCUT2D eigenvalue weighted by Crippen LogP contribution is 2.18. The minimum Gasteiger partial charge on any atom is -0.368 e. The van der Waals surface area contributed by atoms with Gasteiger partial charge in [-0.25, -0.2) is 0 Å². The van der Waals surface area contributed by atoms with Gasteiger partial charge in [-0.05, 0) is 31.2 Å². The fourth-order valence-corrected chi connectivity index (χ4v) is 2.39. The summed E-state index contributed by atoms with van der Waals surface area (Å²) in [6, 6.07) is -0.365. The highest BCUT2D eigenvalue weighted by molar-refractivity contribution is 5.86. The monoisotopic (exact) mass is 255 g/mol. The summed E-state index contributed by atoms with van der Waals surface area (Å²) in [6.45, 7) is 6.86. The van der Waals surface area contributed by atoms with E-state index in [2.05, 4.69) is 17.6 Å². The molecule has 1 saturated heterocycles. The van der Waals surface area contributed by atoms with Crippen molar-refractivity contribution in [1.82, 2.24) is 10.6 Å². The number of hydrogen-bond acceptors (Lipinski definition) is 3. The third-order valence-electron chi connectivity index (χ3n) is 3.62. The van der Waals surface area contributed by atoms with Crippen molar-refractivity contribution in [1.29, 1.82) is 0 Å². The van der Waals surface area contributed by atoms with Crippen molar-refractivity contribution in [2.75, 3.05) is 6.54 Å². The number of carbonyl (C=O) groups is 2. The average Bonchev–Trinajstić information content (AvgIpc) is 2.28. The van der Waals surface area contributed by atoms with Gasteiger partial charge < -0.3 is 16.4 Å². The first kappa shape index (κ1) is 15.0. The second-order valence-corrected chi connectivity index (χ2v) is 5.58. The molecule has 1 rings (SSSR count). The van der Waals surface area contributed by atoms with Gasteiger partial charge in [0.25, 0.3) is 0 Å². The van der Waals surface area contributed by atoms with Crippen LogP contribution in [0, 0.1) is 11.8 Å². The van der Waals surface area contributed by atoms with Gasteiger partial charge in [-0.1, -0.05) is 20.8 Å². The molecule has 1 heterocycles. The van der Waals surface area contributed by atoms with Crippen LogP contribution in [-0.2, 0) is 9.59 Å². The highest BCUT2D eigenvalue weighted by Gasteiger charge is 2.26. The molecule has 3 unspecified atom stereocenters. The SMILES string of the molecule is CC(C)C(NC(=O)CC1NCCCC1C)C(N)=O. The molecule has 104 valence electrons. The Hall–Kier alpha value is -1.10. The number of hydrogen-bond donors (Lipinski definition) is 3. The summed E-state index contributed by atoms with van der Waals surface area (Å²) in [5.41, 5.74) is 5.28. The van der Waals surface area contributed by atoms with E-state index in [9.17, 15) is 9.59 Å². The van der Waals surface area contributed by atoms with Gasteiger partial charge in [0.1, 0.15) is 6.04 Å². The molecule has 0 saturated carbocycles. The van der Waals surface area contributed by atoms with Crippen LogP contribution < -0.4 is 16.4 Å². The van der Waals surface area contributed by atoms with Crippen molar-refractivity contribution < 1.29 is 9.59 Å². The third kappa shape index (κ3) is 4.29. The van der Waals surface area contributed by atoms with Crippen molar-refractivity contribution in [3.05, 3.63) is 0 Å². The second kappa shape index (κ2) is 6.73. The van der Waals surface area contributed by atoms with Crippen LogP contribution in [-0.4, -0.2) is 30.4 Å². The van der Waals surface area contributed by atoms with Gasteiger partial charge >= 0.3 is 0 Å². The first-order valence-corrected chi connectivity index (χ1v) is 6.74. The summed E-state index contributed by atoms with van der Waals surface area (Å²) in [7, 11) is 0. The number of carbonyl (C=O) groups excluding carboxylic acids is 2. The summed E-state index contributed by atoms with van der Waals surface area (Å²) < 4.78 is 0. The molecule has 1 fully saturated rings. The van der Waals surface area contributed by atoms with E-state index in [1.807, 2.05) is 13.8 Å². The van der Waals surface area contributed by atoms with Gasteiger partial charge in [0.15, 0.2) is 0 Å². The molecule has 2 amide bonds. The van der Waals surface area contributed by atoms with Crippen LogP contribution in [0.4, 0.5) is 0 Å². The lowest BCUT2D eigenvalue weighted by molar-refractivity contribution is -0.128. The Balaban J connectivity index is 2.47. The number of amides is 2. The molecule has 0 bridgehead atoms. The van der Waals surface area contributed by atoms with Crippen LogP contribution >= 0.6 is 0 Å². The topological polar surface area (TPSA) is 84.2 Å². The van der Waals surface area contributed by atoms with E-state index >= 15 is 0 Å². The first-order valence-electron chi connectivity index (χ1n) is 6.74. The van der Waals surface area contributed by atoms with Crippen LogP contribution in [0.15, 0.2) is 0 Å². The van der Waals surface area contributed by atoms with Crippen LogP contribution in [0.1, 0.15) is 40.0 Å². The molecule has 0 radical (unpaired) electrons. The van der Waals surface area contributed by atoms with Gasteiger partial charge in [0.2, 0.25) is 11.8 Å². The molecular weight excluding hydrogens is 230 g/mol.